The maximum atomic E-state index is 13.2. The monoisotopic (exact) mass is 526 g/mol. The quantitative estimate of drug-likeness (QED) is 0.396. The average Bonchev–Trinajstić information content (AvgIpc) is 2.88. The molecule has 7 nitrogen and oxygen atoms in total. The van der Waals surface area contributed by atoms with E-state index in [2.05, 4.69) is 16.4 Å². The molecule has 0 bridgehead atoms. The summed E-state index contributed by atoms with van der Waals surface area (Å²) in [6.07, 6.45) is -3.01. The van der Waals surface area contributed by atoms with Crippen molar-refractivity contribution in [1.29, 1.82) is 0 Å². The van der Waals surface area contributed by atoms with Crippen LogP contribution in [0.4, 0.5) is 29.3 Å². The molecular formula is C28H29F3N4O3. The minimum Gasteiger partial charge on any atom is -0.372 e. The second-order valence-electron chi connectivity index (χ2n) is 8.74. The van der Waals surface area contributed by atoms with Gasteiger partial charge in [-0.3, -0.25) is 9.59 Å². The zero-order valence-corrected chi connectivity index (χ0v) is 21.0. The maximum Gasteiger partial charge on any atom is 0.416 e. The molecule has 1 fully saturated rings. The Morgan fingerprint density at radius 3 is 2.24 bits per heavy atom. The third-order valence-electron chi connectivity index (χ3n) is 6.35. The van der Waals surface area contributed by atoms with Gasteiger partial charge in [0.1, 0.15) is 6.04 Å². The number of hydrogen-bond donors (Lipinski definition) is 3. The SMILES string of the molecule is Cc1c(-c2ccccc2)ccc(N2CCCC(NC(=O)Nc3ccc(C(F)(F)F)cc3)C2=O)c1C.NC=O. The Morgan fingerprint density at radius 1 is 1.00 bits per heavy atom. The number of anilines is 2. The van der Waals surface area contributed by atoms with Crippen LogP contribution in [0.3, 0.4) is 0 Å². The van der Waals surface area contributed by atoms with Gasteiger partial charge < -0.3 is 21.3 Å². The number of rotatable bonds is 4. The fraction of sp³-hybridized carbons (Fsp3) is 0.250. The molecule has 0 saturated carbocycles. The number of benzene rings is 3. The molecule has 1 atom stereocenters. The molecule has 0 spiro atoms. The third kappa shape index (κ3) is 6.70. The molecule has 10 heteroatoms. The Morgan fingerprint density at radius 2 is 1.63 bits per heavy atom. The molecule has 4 N–H and O–H groups in total. The number of urea groups is 1. The molecule has 1 unspecified atom stereocenters. The van der Waals surface area contributed by atoms with Gasteiger partial charge in [0.15, 0.2) is 0 Å². The molecule has 4 rings (SSSR count). The lowest BCUT2D eigenvalue weighted by atomic mass is 9.94. The Bertz CT molecular complexity index is 1280. The van der Waals surface area contributed by atoms with Crippen molar-refractivity contribution in [2.45, 2.75) is 38.9 Å². The summed E-state index contributed by atoms with van der Waals surface area (Å²) in [5.74, 6) is -0.214. The summed E-state index contributed by atoms with van der Waals surface area (Å²) in [7, 11) is 0. The van der Waals surface area contributed by atoms with Gasteiger partial charge in [0.2, 0.25) is 12.3 Å². The lowest BCUT2D eigenvalue weighted by molar-refractivity contribution is -0.137. The van der Waals surface area contributed by atoms with Crippen molar-refractivity contribution in [2.75, 3.05) is 16.8 Å². The van der Waals surface area contributed by atoms with Crippen molar-refractivity contribution < 1.29 is 27.6 Å². The fourth-order valence-corrected chi connectivity index (χ4v) is 4.35. The topological polar surface area (TPSA) is 105 Å². The van der Waals surface area contributed by atoms with Crippen LogP contribution in [0.25, 0.3) is 11.1 Å². The van der Waals surface area contributed by atoms with Crippen LogP contribution in [-0.2, 0) is 15.8 Å². The fourth-order valence-electron chi connectivity index (χ4n) is 4.35. The number of nitrogens with zero attached hydrogens (tertiary/aromatic N) is 1. The summed E-state index contributed by atoms with van der Waals surface area (Å²) in [6, 6.07) is 16.7. The summed E-state index contributed by atoms with van der Waals surface area (Å²) >= 11 is 0. The molecule has 1 aliphatic heterocycles. The summed E-state index contributed by atoms with van der Waals surface area (Å²) in [4.78, 5) is 36.0. The Labute approximate surface area is 218 Å². The second-order valence-corrected chi connectivity index (χ2v) is 8.74. The van der Waals surface area contributed by atoms with Crippen LogP contribution in [0.2, 0.25) is 0 Å². The molecule has 1 aliphatic rings. The summed E-state index contributed by atoms with van der Waals surface area (Å²) < 4.78 is 38.2. The van der Waals surface area contributed by atoms with Gasteiger partial charge >= 0.3 is 12.2 Å². The lowest BCUT2D eigenvalue weighted by Gasteiger charge is -2.34. The third-order valence-corrected chi connectivity index (χ3v) is 6.35. The smallest absolute Gasteiger partial charge is 0.372 e. The number of hydrogen-bond acceptors (Lipinski definition) is 3. The summed E-state index contributed by atoms with van der Waals surface area (Å²) in [6.45, 7) is 4.56. The number of amides is 4. The molecule has 4 amide bonds. The van der Waals surface area contributed by atoms with Crippen LogP contribution < -0.4 is 21.3 Å². The number of carbonyl (C=O) groups excluding carboxylic acids is 3. The van der Waals surface area contributed by atoms with Gasteiger partial charge in [0.05, 0.1) is 5.56 Å². The number of piperidine rings is 1. The van der Waals surface area contributed by atoms with Gasteiger partial charge in [-0.25, -0.2) is 4.79 Å². The predicted octanol–water partition coefficient (Wildman–Crippen LogP) is 5.41. The van der Waals surface area contributed by atoms with E-state index in [-0.39, 0.29) is 18.0 Å². The van der Waals surface area contributed by atoms with Crippen molar-refractivity contribution >= 4 is 29.7 Å². The molecule has 0 aliphatic carbocycles. The van der Waals surface area contributed by atoms with E-state index in [4.69, 9.17) is 4.79 Å². The molecule has 0 radical (unpaired) electrons. The van der Waals surface area contributed by atoms with E-state index in [1.165, 1.54) is 12.1 Å². The molecular weight excluding hydrogens is 497 g/mol. The molecule has 3 aromatic rings. The predicted molar refractivity (Wildman–Crippen MR) is 141 cm³/mol. The van der Waals surface area contributed by atoms with Crippen LogP contribution in [0.15, 0.2) is 66.7 Å². The van der Waals surface area contributed by atoms with Crippen molar-refractivity contribution in [3.63, 3.8) is 0 Å². The Balaban J connectivity index is 0.00000127. The molecule has 200 valence electrons. The standard InChI is InChI=1S/C27H26F3N3O2.CH3NO/c1-17-18(2)24(15-14-22(17)19-7-4-3-5-8-19)33-16-6-9-23(25(33)34)32-26(35)31-21-12-10-20(11-13-21)27(28,29)30;2-1-3/h3-5,7-8,10-15,23H,6,9,16H2,1-2H3,(H2,31,32,35);1H,(H2,2,3). The largest absolute Gasteiger partial charge is 0.416 e. The number of nitrogens with two attached hydrogens (primary N) is 1. The molecule has 38 heavy (non-hydrogen) atoms. The van der Waals surface area contributed by atoms with E-state index in [1.807, 2.05) is 56.3 Å². The first-order valence-corrected chi connectivity index (χ1v) is 11.9. The number of alkyl halides is 3. The first kappa shape index (κ1) is 28.2. The summed E-state index contributed by atoms with van der Waals surface area (Å²) in [5.41, 5.74) is 8.66. The zero-order chi connectivity index (χ0) is 27.9. The van der Waals surface area contributed by atoms with Crippen LogP contribution in [-0.4, -0.2) is 30.9 Å². The van der Waals surface area contributed by atoms with E-state index in [1.54, 1.807) is 4.90 Å². The first-order chi connectivity index (χ1) is 18.1. The minimum absolute atomic E-state index is 0.207. The number of nitrogens with one attached hydrogen (secondary N) is 2. The summed E-state index contributed by atoms with van der Waals surface area (Å²) in [5, 5.41) is 5.17. The van der Waals surface area contributed by atoms with E-state index >= 15 is 0 Å². The first-order valence-electron chi connectivity index (χ1n) is 11.9. The highest BCUT2D eigenvalue weighted by atomic mass is 19.4. The van der Waals surface area contributed by atoms with Crippen LogP contribution in [0.5, 0.6) is 0 Å². The zero-order valence-electron chi connectivity index (χ0n) is 21.0. The van der Waals surface area contributed by atoms with Crippen LogP contribution in [0.1, 0.15) is 29.5 Å². The van der Waals surface area contributed by atoms with Crippen molar-refractivity contribution in [3.8, 4) is 11.1 Å². The highest BCUT2D eigenvalue weighted by Gasteiger charge is 2.32. The number of halogens is 3. The van der Waals surface area contributed by atoms with Crippen molar-refractivity contribution in [3.05, 3.63) is 83.4 Å². The Kier molecular flexibility index (Phi) is 9.11. The Hall–Kier alpha value is -4.34. The van der Waals surface area contributed by atoms with E-state index < -0.39 is 23.8 Å². The average molecular weight is 527 g/mol. The molecule has 0 aromatic heterocycles. The normalized spacial score (nSPS) is 15.2. The van der Waals surface area contributed by atoms with Crippen LogP contribution >= 0.6 is 0 Å². The maximum absolute atomic E-state index is 13.2. The molecule has 1 heterocycles. The van der Waals surface area contributed by atoms with Crippen LogP contribution in [0, 0.1) is 13.8 Å². The van der Waals surface area contributed by atoms with Gasteiger partial charge in [0.25, 0.3) is 0 Å². The minimum atomic E-state index is -4.45. The molecule has 1 saturated heterocycles. The second kappa shape index (κ2) is 12.3. The van der Waals surface area contributed by atoms with E-state index in [0.29, 0.717) is 19.4 Å². The van der Waals surface area contributed by atoms with Gasteiger partial charge in [-0.05, 0) is 79.3 Å². The number of carbonyl (C=O) groups is 3. The highest BCUT2D eigenvalue weighted by molar-refractivity contribution is 6.02. The van der Waals surface area contributed by atoms with E-state index in [0.717, 1.165) is 40.1 Å². The highest BCUT2D eigenvalue weighted by Crippen LogP contribution is 2.33. The van der Waals surface area contributed by atoms with E-state index in [9.17, 15) is 22.8 Å². The van der Waals surface area contributed by atoms with Gasteiger partial charge in [-0.15, -0.1) is 0 Å². The lowest BCUT2D eigenvalue weighted by Crippen LogP contribution is -2.53. The van der Waals surface area contributed by atoms with Gasteiger partial charge in [0, 0.05) is 17.9 Å². The van der Waals surface area contributed by atoms with Gasteiger partial charge in [-0.2, -0.15) is 13.2 Å². The van der Waals surface area contributed by atoms with Crippen molar-refractivity contribution in [1.82, 2.24) is 5.32 Å². The number of primary amides is 1. The van der Waals surface area contributed by atoms with Gasteiger partial charge in [-0.1, -0.05) is 36.4 Å². The molecule has 3 aromatic carbocycles. The van der Waals surface area contributed by atoms with Crippen molar-refractivity contribution in [2.24, 2.45) is 5.73 Å².